The zero-order valence-corrected chi connectivity index (χ0v) is 18.7. The number of likely N-dealkylation sites (tertiary alicyclic amines) is 1. The fourth-order valence-corrected chi connectivity index (χ4v) is 5.32. The van der Waals surface area contributed by atoms with E-state index in [-0.39, 0.29) is 11.3 Å². The van der Waals surface area contributed by atoms with E-state index in [1.165, 1.54) is 18.4 Å². The Balaban J connectivity index is 1.54. The van der Waals surface area contributed by atoms with Crippen molar-refractivity contribution in [2.75, 3.05) is 39.4 Å². The molecule has 0 spiro atoms. The lowest BCUT2D eigenvalue weighted by atomic mass is 9.78. The summed E-state index contributed by atoms with van der Waals surface area (Å²) < 4.78 is 11.6. The number of hydrogen-bond donors (Lipinski definition) is 2. The third-order valence-electron chi connectivity index (χ3n) is 6.89. The van der Waals surface area contributed by atoms with E-state index in [0.717, 1.165) is 69.3 Å². The van der Waals surface area contributed by atoms with Gasteiger partial charge in [0.1, 0.15) is 13.2 Å². The second-order valence-electron chi connectivity index (χ2n) is 9.14. The van der Waals surface area contributed by atoms with Crippen LogP contribution in [-0.2, 0) is 10.2 Å². The summed E-state index contributed by atoms with van der Waals surface area (Å²) in [5, 5.41) is 3.48. The molecule has 0 bridgehead atoms. The molecule has 1 saturated heterocycles. The van der Waals surface area contributed by atoms with Gasteiger partial charge < -0.3 is 25.4 Å². The van der Waals surface area contributed by atoms with Gasteiger partial charge in [0.15, 0.2) is 17.5 Å². The summed E-state index contributed by atoms with van der Waals surface area (Å²) in [7, 11) is 0. The number of carbonyl (C=O) groups excluding carboxylic acids is 1. The first-order chi connectivity index (χ1) is 15.1. The summed E-state index contributed by atoms with van der Waals surface area (Å²) in [4.78, 5) is 18.9. The fourth-order valence-electron chi connectivity index (χ4n) is 5.32. The zero-order valence-electron chi connectivity index (χ0n) is 18.7. The Bertz CT molecular complexity index is 804. The third-order valence-corrected chi connectivity index (χ3v) is 6.89. The van der Waals surface area contributed by atoms with Gasteiger partial charge in [-0.3, -0.25) is 9.79 Å². The number of fused-ring (bicyclic) bond motifs is 1. The summed E-state index contributed by atoms with van der Waals surface area (Å²) in [6.07, 6.45) is 7.31. The Kier molecular flexibility index (Phi) is 6.88. The van der Waals surface area contributed by atoms with Crippen molar-refractivity contribution in [2.45, 2.75) is 57.3 Å². The standard InChI is InChI=1S/C24H36N4O3/c1-2-26-23(28-11-5-6-18(16-28)14-22(25)29)27-17-24(9-3-4-10-24)19-7-8-20-21(15-19)31-13-12-30-20/h7-8,15,18H,2-6,9-14,16-17H2,1H3,(H2,25,29)(H,26,27). The van der Waals surface area contributed by atoms with Crippen LogP contribution in [0, 0.1) is 5.92 Å². The number of primary amides is 1. The number of amides is 1. The predicted molar refractivity (Wildman–Crippen MR) is 122 cm³/mol. The summed E-state index contributed by atoms with van der Waals surface area (Å²) in [6, 6.07) is 6.43. The van der Waals surface area contributed by atoms with E-state index in [0.29, 0.717) is 25.6 Å². The number of nitrogens with one attached hydrogen (secondary N) is 1. The van der Waals surface area contributed by atoms with Crippen LogP contribution in [0.15, 0.2) is 23.2 Å². The van der Waals surface area contributed by atoms with Gasteiger partial charge in [-0.05, 0) is 56.2 Å². The van der Waals surface area contributed by atoms with E-state index >= 15 is 0 Å². The van der Waals surface area contributed by atoms with Crippen LogP contribution in [0.2, 0.25) is 0 Å². The molecule has 3 aliphatic rings. The monoisotopic (exact) mass is 428 g/mol. The Morgan fingerprint density at radius 2 is 2.00 bits per heavy atom. The molecule has 1 aliphatic carbocycles. The molecule has 1 aromatic rings. The highest BCUT2D eigenvalue weighted by Gasteiger charge is 2.37. The van der Waals surface area contributed by atoms with Gasteiger partial charge in [0.05, 0.1) is 6.54 Å². The highest BCUT2D eigenvalue weighted by molar-refractivity contribution is 5.80. The van der Waals surface area contributed by atoms with Crippen molar-refractivity contribution in [3.8, 4) is 11.5 Å². The summed E-state index contributed by atoms with van der Waals surface area (Å²) in [6.45, 7) is 6.71. The molecule has 170 valence electrons. The van der Waals surface area contributed by atoms with Gasteiger partial charge in [0.25, 0.3) is 0 Å². The topological polar surface area (TPSA) is 89.2 Å². The third kappa shape index (κ3) is 5.08. The molecule has 0 radical (unpaired) electrons. The number of piperidine rings is 1. The number of guanidine groups is 1. The summed E-state index contributed by atoms with van der Waals surface area (Å²) >= 11 is 0. The second-order valence-corrected chi connectivity index (χ2v) is 9.14. The number of nitrogens with two attached hydrogens (primary N) is 1. The highest BCUT2D eigenvalue weighted by Crippen LogP contribution is 2.44. The van der Waals surface area contributed by atoms with Crippen LogP contribution in [0.1, 0.15) is 57.4 Å². The lowest BCUT2D eigenvalue weighted by molar-refractivity contribution is -0.119. The highest BCUT2D eigenvalue weighted by atomic mass is 16.6. The van der Waals surface area contributed by atoms with E-state index in [2.05, 4.69) is 35.3 Å². The zero-order chi connectivity index (χ0) is 21.7. The maximum absolute atomic E-state index is 11.4. The molecule has 2 aliphatic heterocycles. The molecule has 4 rings (SSSR count). The SMILES string of the molecule is CCNC(=NCC1(c2ccc3c(c2)OCCO3)CCCC1)N1CCCC(CC(N)=O)C1. The van der Waals surface area contributed by atoms with Crippen LogP contribution in [-0.4, -0.2) is 56.2 Å². The van der Waals surface area contributed by atoms with Crippen LogP contribution >= 0.6 is 0 Å². The van der Waals surface area contributed by atoms with Crippen molar-refractivity contribution in [1.29, 1.82) is 0 Å². The second kappa shape index (κ2) is 9.79. The van der Waals surface area contributed by atoms with Crippen molar-refractivity contribution in [2.24, 2.45) is 16.6 Å². The Hall–Kier alpha value is -2.44. The van der Waals surface area contributed by atoms with Crippen molar-refractivity contribution < 1.29 is 14.3 Å². The molecule has 1 amide bonds. The van der Waals surface area contributed by atoms with E-state index < -0.39 is 0 Å². The van der Waals surface area contributed by atoms with E-state index in [1.54, 1.807) is 0 Å². The number of nitrogens with zero attached hydrogens (tertiary/aromatic N) is 2. The number of hydrogen-bond acceptors (Lipinski definition) is 4. The van der Waals surface area contributed by atoms with Crippen molar-refractivity contribution >= 4 is 11.9 Å². The van der Waals surface area contributed by atoms with Gasteiger partial charge in [-0.15, -0.1) is 0 Å². The minimum atomic E-state index is -0.211. The van der Waals surface area contributed by atoms with E-state index in [1.807, 2.05) is 0 Å². The van der Waals surface area contributed by atoms with Gasteiger partial charge in [-0.25, -0.2) is 0 Å². The molecule has 7 nitrogen and oxygen atoms in total. The molecule has 1 aromatic carbocycles. The number of carbonyl (C=O) groups is 1. The summed E-state index contributed by atoms with van der Waals surface area (Å²) in [5.74, 6) is 2.76. The van der Waals surface area contributed by atoms with Crippen LogP contribution in [0.4, 0.5) is 0 Å². The Morgan fingerprint density at radius 3 is 2.74 bits per heavy atom. The number of ether oxygens (including phenoxy) is 2. The number of rotatable bonds is 6. The quantitative estimate of drug-likeness (QED) is 0.537. The van der Waals surface area contributed by atoms with Crippen molar-refractivity contribution in [1.82, 2.24) is 10.2 Å². The lowest BCUT2D eigenvalue weighted by Crippen LogP contribution is -2.47. The van der Waals surface area contributed by atoms with Crippen LogP contribution in [0.3, 0.4) is 0 Å². The van der Waals surface area contributed by atoms with Crippen molar-refractivity contribution in [3.63, 3.8) is 0 Å². The Labute approximate surface area is 185 Å². The molecule has 0 aromatic heterocycles. The Morgan fingerprint density at radius 1 is 1.23 bits per heavy atom. The van der Waals surface area contributed by atoms with Crippen LogP contribution in [0.5, 0.6) is 11.5 Å². The maximum atomic E-state index is 11.4. The lowest BCUT2D eigenvalue weighted by Gasteiger charge is -2.36. The maximum Gasteiger partial charge on any atom is 0.217 e. The molecule has 2 fully saturated rings. The van der Waals surface area contributed by atoms with Crippen LogP contribution < -0.4 is 20.5 Å². The molecule has 2 heterocycles. The van der Waals surface area contributed by atoms with Gasteiger partial charge in [-0.1, -0.05) is 18.9 Å². The molecule has 31 heavy (non-hydrogen) atoms. The first-order valence-corrected chi connectivity index (χ1v) is 11.8. The predicted octanol–water partition coefficient (Wildman–Crippen LogP) is 2.82. The van der Waals surface area contributed by atoms with Gasteiger partial charge in [0.2, 0.25) is 5.91 Å². The first-order valence-electron chi connectivity index (χ1n) is 11.8. The molecule has 1 atom stereocenters. The molecule has 3 N–H and O–H groups in total. The minimum absolute atomic E-state index is 0.0406. The summed E-state index contributed by atoms with van der Waals surface area (Å²) in [5.41, 5.74) is 6.80. The van der Waals surface area contributed by atoms with Crippen molar-refractivity contribution in [3.05, 3.63) is 23.8 Å². The largest absolute Gasteiger partial charge is 0.486 e. The average molecular weight is 429 g/mol. The molecular weight excluding hydrogens is 392 g/mol. The van der Waals surface area contributed by atoms with E-state index in [4.69, 9.17) is 20.2 Å². The molecule has 7 heteroatoms. The van der Waals surface area contributed by atoms with Crippen LogP contribution in [0.25, 0.3) is 0 Å². The fraction of sp³-hybridized carbons (Fsp3) is 0.667. The van der Waals surface area contributed by atoms with Gasteiger partial charge >= 0.3 is 0 Å². The van der Waals surface area contributed by atoms with E-state index in [9.17, 15) is 4.79 Å². The first kappa shape index (κ1) is 21.8. The normalized spacial score (nSPS) is 22.9. The smallest absolute Gasteiger partial charge is 0.217 e. The molecule has 1 unspecified atom stereocenters. The molecular formula is C24H36N4O3. The number of benzene rings is 1. The van der Waals surface area contributed by atoms with Gasteiger partial charge in [0, 0.05) is 31.5 Å². The number of aliphatic imine (C=N–C) groups is 1. The van der Waals surface area contributed by atoms with Gasteiger partial charge in [-0.2, -0.15) is 0 Å². The average Bonchev–Trinajstić information content (AvgIpc) is 3.26. The molecule has 1 saturated carbocycles. The minimum Gasteiger partial charge on any atom is -0.486 e.